The van der Waals surface area contributed by atoms with E-state index in [0.717, 1.165) is 25.1 Å². The Morgan fingerprint density at radius 3 is 2.71 bits per heavy atom. The van der Waals surface area contributed by atoms with Crippen LogP contribution in [0, 0.1) is 0 Å². The van der Waals surface area contributed by atoms with Crippen molar-refractivity contribution in [3.8, 4) is 5.75 Å². The Kier molecular flexibility index (Phi) is 3.04. The zero-order valence-corrected chi connectivity index (χ0v) is 11.2. The van der Waals surface area contributed by atoms with Gasteiger partial charge in [-0.15, -0.1) is 0 Å². The average molecular weight is 234 g/mol. The quantitative estimate of drug-likeness (QED) is 0.869. The molecule has 0 saturated carbocycles. The first-order valence-electron chi connectivity index (χ1n) is 6.11. The summed E-state index contributed by atoms with van der Waals surface area (Å²) in [5, 5.41) is 0. The lowest BCUT2D eigenvalue weighted by Crippen LogP contribution is -2.34. The van der Waals surface area contributed by atoms with E-state index in [9.17, 15) is 0 Å². The fraction of sp³-hybridized carbons (Fsp3) is 0.571. The molecule has 1 aromatic carbocycles. The number of ether oxygens (including phenoxy) is 1. The van der Waals surface area contributed by atoms with Gasteiger partial charge in [-0.05, 0) is 38.3 Å². The van der Waals surface area contributed by atoms with Crippen molar-refractivity contribution in [3.63, 3.8) is 0 Å². The number of rotatable bonds is 3. The second kappa shape index (κ2) is 4.22. The first-order chi connectivity index (χ1) is 7.92. The lowest BCUT2D eigenvalue weighted by atomic mass is 9.93. The van der Waals surface area contributed by atoms with Gasteiger partial charge in [0.05, 0.1) is 7.11 Å². The van der Waals surface area contributed by atoms with Crippen molar-refractivity contribution < 1.29 is 4.74 Å². The van der Waals surface area contributed by atoms with E-state index in [1.165, 1.54) is 16.8 Å². The Hall–Kier alpha value is -1.22. The molecule has 0 atom stereocenters. The summed E-state index contributed by atoms with van der Waals surface area (Å²) in [4.78, 5) is 2.27. The number of fused-ring (bicyclic) bond motifs is 1. The third-order valence-corrected chi connectivity index (χ3v) is 3.28. The fourth-order valence-corrected chi connectivity index (χ4v) is 2.55. The lowest BCUT2D eigenvalue weighted by Gasteiger charge is -2.22. The second-order valence-electron chi connectivity index (χ2n) is 5.59. The van der Waals surface area contributed by atoms with Gasteiger partial charge >= 0.3 is 0 Å². The van der Waals surface area contributed by atoms with Gasteiger partial charge in [-0.2, -0.15) is 0 Å². The molecule has 3 heteroatoms. The van der Waals surface area contributed by atoms with E-state index in [-0.39, 0.29) is 5.54 Å². The minimum Gasteiger partial charge on any atom is -0.496 e. The van der Waals surface area contributed by atoms with Gasteiger partial charge in [0.15, 0.2) is 0 Å². The molecule has 0 radical (unpaired) electrons. The van der Waals surface area contributed by atoms with E-state index in [0.29, 0.717) is 0 Å². The van der Waals surface area contributed by atoms with Crippen LogP contribution in [-0.2, 0) is 12.8 Å². The summed E-state index contributed by atoms with van der Waals surface area (Å²) in [5.74, 6) is 1.03. The highest BCUT2D eigenvalue weighted by atomic mass is 16.5. The van der Waals surface area contributed by atoms with E-state index in [1.54, 1.807) is 7.11 Å². The molecule has 1 heterocycles. The van der Waals surface area contributed by atoms with Crippen molar-refractivity contribution in [2.45, 2.75) is 32.2 Å². The number of anilines is 1. The zero-order valence-electron chi connectivity index (χ0n) is 11.2. The summed E-state index contributed by atoms with van der Waals surface area (Å²) in [5.41, 5.74) is 9.73. The van der Waals surface area contributed by atoms with E-state index in [1.807, 2.05) is 13.8 Å². The number of nitrogens with two attached hydrogens (primary N) is 1. The average Bonchev–Trinajstić information content (AvgIpc) is 2.58. The molecular formula is C14H22N2O. The molecule has 0 amide bonds. The van der Waals surface area contributed by atoms with Crippen molar-refractivity contribution in [1.29, 1.82) is 0 Å². The van der Waals surface area contributed by atoms with Crippen molar-refractivity contribution in [1.82, 2.24) is 0 Å². The molecule has 0 saturated heterocycles. The summed E-state index contributed by atoms with van der Waals surface area (Å²) in [7, 11) is 3.87. The first-order valence-corrected chi connectivity index (χ1v) is 6.11. The Bertz CT molecular complexity index is 421. The monoisotopic (exact) mass is 234 g/mol. The molecular weight excluding hydrogens is 212 g/mol. The summed E-state index contributed by atoms with van der Waals surface area (Å²) < 4.78 is 5.60. The molecule has 0 spiro atoms. The third-order valence-electron chi connectivity index (χ3n) is 3.28. The second-order valence-corrected chi connectivity index (χ2v) is 5.59. The van der Waals surface area contributed by atoms with Crippen LogP contribution in [-0.4, -0.2) is 26.2 Å². The zero-order chi connectivity index (χ0) is 12.6. The maximum absolute atomic E-state index is 6.10. The van der Waals surface area contributed by atoms with Crippen LogP contribution in [0.25, 0.3) is 0 Å². The van der Waals surface area contributed by atoms with Crippen LogP contribution in [0.2, 0.25) is 0 Å². The minimum atomic E-state index is -0.202. The van der Waals surface area contributed by atoms with Crippen molar-refractivity contribution in [2.24, 2.45) is 5.73 Å². The summed E-state index contributed by atoms with van der Waals surface area (Å²) in [6, 6.07) is 4.33. The van der Waals surface area contributed by atoms with Gasteiger partial charge in [-0.25, -0.2) is 0 Å². The number of methoxy groups -OCH3 is 1. The largest absolute Gasteiger partial charge is 0.496 e. The molecule has 0 unspecified atom stereocenters. The molecule has 2 N–H and O–H groups in total. The summed E-state index contributed by atoms with van der Waals surface area (Å²) in [6.07, 6.45) is 1.90. The molecule has 1 aliphatic rings. The standard InChI is InChI=1S/C14H22N2O/c1-14(2,15)9-10-5-6-12-11(13(10)17-4)7-8-16(12)3/h5-6H,7-9,15H2,1-4H3. The number of likely N-dealkylation sites (N-methyl/N-ethyl adjacent to an activating group) is 1. The Labute approximate surface area is 104 Å². The molecule has 3 nitrogen and oxygen atoms in total. The molecule has 2 rings (SSSR count). The van der Waals surface area contributed by atoms with Crippen molar-refractivity contribution in [2.75, 3.05) is 25.6 Å². The predicted molar refractivity (Wildman–Crippen MR) is 71.9 cm³/mol. The normalized spacial score (nSPS) is 15.0. The highest BCUT2D eigenvalue weighted by Gasteiger charge is 2.24. The van der Waals surface area contributed by atoms with Crippen molar-refractivity contribution >= 4 is 5.69 Å². The maximum atomic E-state index is 6.10. The Morgan fingerprint density at radius 2 is 2.12 bits per heavy atom. The maximum Gasteiger partial charge on any atom is 0.127 e. The van der Waals surface area contributed by atoms with Crippen LogP contribution in [0.1, 0.15) is 25.0 Å². The highest BCUT2D eigenvalue weighted by molar-refractivity contribution is 5.65. The molecule has 0 aliphatic carbocycles. The van der Waals surface area contributed by atoms with Gasteiger partial charge < -0.3 is 15.4 Å². The van der Waals surface area contributed by atoms with E-state index in [2.05, 4.69) is 24.1 Å². The van der Waals surface area contributed by atoms with Crippen molar-refractivity contribution in [3.05, 3.63) is 23.3 Å². The number of nitrogens with zero attached hydrogens (tertiary/aromatic N) is 1. The van der Waals surface area contributed by atoms with Crippen LogP contribution in [0.15, 0.2) is 12.1 Å². The van der Waals surface area contributed by atoms with Crippen LogP contribution < -0.4 is 15.4 Å². The Morgan fingerprint density at radius 1 is 1.41 bits per heavy atom. The van der Waals surface area contributed by atoms with Gasteiger partial charge in [0.25, 0.3) is 0 Å². The van der Waals surface area contributed by atoms with Crippen LogP contribution in [0.5, 0.6) is 5.75 Å². The molecule has 0 bridgehead atoms. The van der Waals surface area contributed by atoms with Gasteiger partial charge in [-0.1, -0.05) is 6.07 Å². The molecule has 1 aromatic rings. The SMILES string of the molecule is COc1c(CC(C)(C)N)ccc2c1CCN2C. The van der Waals surface area contributed by atoms with Crippen LogP contribution in [0.3, 0.4) is 0 Å². The number of hydrogen-bond donors (Lipinski definition) is 1. The predicted octanol–water partition coefficient (Wildman–Crippen LogP) is 1.97. The van der Waals surface area contributed by atoms with E-state index in [4.69, 9.17) is 10.5 Å². The minimum absolute atomic E-state index is 0.202. The number of benzene rings is 1. The number of hydrogen-bond acceptors (Lipinski definition) is 3. The van der Waals surface area contributed by atoms with Gasteiger partial charge in [-0.3, -0.25) is 0 Å². The van der Waals surface area contributed by atoms with E-state index >= 15 is 0 Å². The van der Waals surface area contributed by atoms with Gasteiger partial charge in [0.2, 0.25) is 0 Å². The topological polar surface area (TPSA) is 38.5 Å². The first kappa shape index (κ1) is 12.2. The third kappa shape index (κ3) is 2.39. The lowest BCUT2D eigenvalue weighted by molar-refractivity contribution is 0.399. The molecule has 0 aromatic heterocycles. The smallest absolute Gasteiger partial charge is 0.127 e. The summed E-state index contributed by atoms with van der Waals surface area (Å²) in [6.45, 7) is 5.17. The van der Waals surface area contributed by atoms with E-state index < -0.39 is 0 Å². The Balaban J connectivity index is 2.42. The van der Waals surface area contributed by atoms with Gasteiger partial charge in [0, 0.05) is 30.4 Å². The molecule has 94 valence electrons. The fourth-order valence-electron chi connectivity index (χ4n) is 2.55. The summed E-state index contributed by atoms with van der Waals surface area (Å²) >= 11 is 0. The highest BCUT2D eigenvalue weighted by Crippen LogP contribution is 2.37. The molecule has 1 aliphatic heterocycles. The molecule has 0 fully saturated rings. The van der Waals surface area contributed by atoms with Gasteiger partial charge in [0.1, 0.15) is 5.75 Å². The van der Waals surface area contributed by atoms with Crippen LogP contribution in [0.4, 0.5) is 5.69 Å². The molecule has 17 heavy (non-hydrogen) atoms. The van der Waals surface area contributed by atoms with Crippen LogP contribution >= 0.6 is 0 Å².